The van der Waals surface area contributed by atoms with Crippen molar-refractivity contribution in [2.45, 2.75) is 0 Å². The van der Waals surface area contributed by atoms with Gasteiger partial charge in [-0.15, -0.1) is 0 Å². The third-order valence-electron chi connectivity index (χ3n) is 0.438. The van der Waals surface area contributed by atoms with Crippen molar-refractivity contribution in [3.63, 3.8) is 0 Å². The van der Waals surface area contributed by atoms with E-state index >= 15 is 0 Å². The fraction of sp³-hybridized carbons (Fsp3) is 0. The van der Waals surface area contributed by atoms with Gasteiger partial charge in [0.15, 0.2) is 0 Å². The third kappa shape index (κ3) is 0.407. The van der Waals surface area contributed by atoms with E-state index in [-0.39, 0.29) is 5.76 Å². The summed E-state index contributed by atoms with van der Waals surface area (Å²) in [5.41, 5.74) is 0. The zero-order valence-corrected chi connectivity index (χ0v) is 3.01. The second-order valence-corrected chi connectivity index (χ2v) is 0.877. The average Bonchev–Trinajstić information content (AvgIpc) is 1.86. The predicted molar refractivity (Wildman–Crippen MR) is 18.8 cm³/mol. The largest absolute Gasteiger partial charge is 0.361 e. The molecule has 0 amide bonds. The van der Waals surface area contributed by atoms with Crippen molar-refractivity contribution in [2.75, 3.05) is 0 Å². The molecule has 0 aliphatic rings. The van der Waals surface area contributed by atoms with Crippen LogP contribution in [0.1, 0.15) is 5.76 Å². The molecule has 0 aliphatic heterocycles. The highest BCUT2D eigenvalue weighted by Crippen LogP contribution is 1.88. The Bertz CT molecular complexity index is 111. The first-order valence-corrected chi connectivity index (χ1v) is 1.52. The maximum absolute atomic E-state index is 6.65. The maximum atomic E-state index is 6.65. The van der Waals surface area contributed by atoms with Gasteiger partial charge in [0.05, 0.1) is 13.1 Å². The monoisotopic (exact) mass is 80.0 g/mol. The highest BCUT2D eigenvalue weighted by molar-refractivity contribution is 4.95. The number of rotatable bonds is 0. The van der Waals surface area contributed by atoms with Gasteiger partial charge < -0.3 is 4.52 Å². The van der Waals surface area contributed by atoms with E-state index in [9.17, 15) is 0 Å². The Morgan fingerprint density at radius 3 is 2.83 bits per heavy atom. The van der Waals surface area contributed by atoms with Gasteiger partial charge >= 0.3 is 0 Å². The van der Waals surface area contributed by atoms with E-state index in [1.165, 1.54) is 12.3 Å². The van der Waals surface area contributed by atoms with Crippen molar-refractivity contribution in [1.82, 2.24) is 5.16 Å². The van der Waals surface area contributed by atoms with Crippen LogP contribution in [0.25, 0.3) is 0 Å². The lowest BCUT2D eigenvalue weighted by Gasteiger charge is -1.63. The SMILES string of the molecule is [C]c1ccno1. The summed E-state index contributed by atoms with van der Waals surface area (Å²) >= 11 is 0. The van der Waals surface area contributed by atoms with Gasteiger partial charge in [0.25, 0.3) is 0 Å². The summed E-state index contributed by atoms with van der Waals surface area (Å²) in [5, 5.41) is 3.26. The molecule has 2 heteroatoms. The lowest BCUT2D eigenvalue weighted by atomic mass is 10.5. The first kappa shape index (κ1) is 3.40. The van der Waals surface area contributed by atoms with Crippen LogP contribution in [0.4, 0.5) is 0 Å². The number of aromatic nitrogens is 1. The van der Waals surface area contributed by atoms with Crippen LogP contribution in [0.2, 0.25) is 0 Å². The standard InChI is InChI=1S/C4H2NO/c1-4-2-3-5-6-4/h2-3H. The Balaban J connectivity index is 3.05. The number of hydrogen-bond acceptors (Lipinski definition) is 2. The van der Waals surface area contributed by atoms with Gasteiger partial charge in [-0.2, -0.15) is 0 Å². The molecule has 0 fully saturated rings. The molecule has 0 spiro atoms. The minimum absolute atomic E-state index is 0.106. The fourth-order valence-corrected chi connectivity index (χ4v) is 0.216. The molecule has 1 aromatic heterocycles. The summed E-state index contributed by atoms with van der Waals surface area (Å²) in [4.78, 5) is 0. The van der Waals surface area contributed by atoms with E-state index in [0.29, 0.717) is 0 Å². The minimum Gasteiger partial charge on any atom is -0.361 e. The van der Waals surface area contributed by atoms with E-state index in [1.54, 1.807) is 0 Å². The quantitative estimate of drug-likeness (QED) is 0.456. The highest BCUT2D eigenvalue weighted by Gasteiger charge is 1.79. The summed E-state index contributed by atoms with van der Waals surface area (Å²) in [5.74, 6) is 0.106. The van der Waals surface area contributed by atoms with Crippen molar-refractivity contribution in [1.29, 1.82) is 0 Å². The molecule has 2 nitrogen and oxygen atoms in total. The van der Waals surface area contributed by atoms with Gasteiger partial charge in [0, 0.05) is 6.07 Å². The molecule has 0 aliphatic carbocycles. The summed E-state index contributed by atoms with van der Waals surface area (Å²) < 4.78 is 4.25. The zero-order chi connectivity index (χ0) is 4.41. The lowest BCUT2D eigenvalue weighted by Crippen LogP contribution is -1.50. The second-order valence-electron chi connectivity index (χ2n) is 0.877. The van der Waals surface area contributed by atoms with Crippen molar-refractivity contribution in [2.24, 2.45) is 0 Å². The molecule has 0 saturated carbocycles. The van der Waals surface area contributed by atoms with Crippen molar-refractivity contribution in [3.05, 3.63) is 24.9 Å². The van der Waals surface area contributed by atoms with Crippen molar-refractivity contribution < 1.29 is 4.52 Å². The normalized spacial score (nSPS) is 8.83. The molecule has 1 aromatic rings. The summed E-state index contributed by atoms with van der Waals surface area (Å²) in [7, 11) is 0. The topological polar surface area (TPSA) is 26.0 Å². The van der Waals surface area contributed by atoms with Crippen LogP contribution < -0.4 is 0 Å². The molecule has 1 rings (SSSR count). The van der Waals surface area contributed by atoms with Gasteiger partial charge in [0.1, 0.15) is 5.76 Å². The number of nitrogens with zero attached hydrogens (tertiary/aromatic N) is 1. The Morgan fingerprint density at radius 2 is 2.67 bits per heavy atom. The molecule has 0 bridgehead atoms. The van der Waals surface area contributed by atoms with E-state index in [1.807, 2.05) is 0 Å². The Morgan fingerprint density at radius 1 is 1.83 bits per heavy atom. The van der Waals surface area contributed by atoms with Gasteiger partial charge in [-0.25, -0.2) is 0 Å². The van der Waals surface area contributed by atoms with Crippen LogP contribution in [0.3, 0.4) is 0 Å². The zero-order valence-electron chi connectivity index (χ0n) is 3.01. The molecule has 6 heavy (non-hydrogen) atoms. The molecule has 0 aromatic carbocycles. The molecular formula is C4H2NO. The molecule has 0 N–H and O–H groups in total. The van der Waals surface area contributed by atoms with Crippen molar-refractivity contribution in [3.8, 4) is 0 Å². The Labute approximate surface area is 35.8 Å². The highest BCUT2D eigenvalue weighted by atomic mass is 16.5. The first-order valence-electron chi connectivity index (χ1n) is 1.52. The summed E-state index contributed by atoms with van der Waals surface area (Å²) in [6.07, 6.45) is 1.43. The van der Waals surface area contributed by atoms with E-state index in [2.05, 4.69) is 9.68 Å². The minimum atomic E-state index is 0.106. The van der Waals surface area contributed by atoms with Crippen LogP contribution in [0.15, 0.2) is 16.8 Å². The van der Waals surface area contributed by atoms with Crippen LogP contribution in [-0.4, -0.2) is 5.16 Å². The second kappa shape index (κ2) is 1.12. The van der Waals surface area contributed by atoms with Crippen LogP contribution in [-0.2, 0) is 0 Å². The molecule has 0 unspecified atom stereocenters. The van der Waals surface area contributed by atoms with Gasteiger partial charge in [-0.3, -0.25) is 0 Å². The summed E-state index contributed by atoms with van der Waals surface area (Å²) in [6.45, 7) is 6.65. The average molecular weight is 80.1 g/mol. The fourth-order valence-electron chi connectivity index (χ4n) is 0.216. The van der Waals surface area contributed by atoms with E-state index in [0.717, 1.165) is 0 Å². The Hall–Kier alpha value is -0.790. The van der Waals surface area contributed by atoms with Gasteiger partial charge in [-0.1, -0.05) is 5.16 Å². The molecule has 0 saturated heterocycles. The molecule has 3 radical (unpaired) electrons. The number of hydrogen-bond donors (Lipinski definition) is 0. The molecule has 0 atom stereocenters. The molecular weight excluding hydrogens is 78.0 g/mol. The molecule has 1 heterocycles. The van der Waals surface area contributed by atoms with Gasteiger partial charge in [0.2, 0.25) is 0 Å². The van der Waals surface area contributed by atoms with E-state index in [4.69, 9.17) is 6.92 Å². The summed E-state index contributed by atoms with van der Waals surface area (Å²) in [6, 6.07) is 1.47. The third-order valence-corrected chi connectivity index (χ3v) is 0.438. The Kier molecular flexibility index (Phi) is 0.638. The molecule has 29 valence electrons. The maximum Gasteiger partial charge on any atom is 0.146 e. The first-order chi connectivity index (χ1) is 2.89. The van der Waals surface area contributed by atoms with E-state index < -0.39 is 0 Å². The predicted octanol–water partition coefficient (Wildman–Crippen LogP) is 0.611. The van der Waals surface area contributed by atoms with Crippen LogP contribution in [0, 0.1) is 6.92 Å². The smallest absolute Gasteiger partial charge is 0.146 e. The van der Waals surface area contributed by atoms with Crippen LogP contribution in [0.5, 0.6) is 0 Å². The lowest BCUT2D eigenvalue weighted by molar-refractivity contribution is 0.407. The van der Waals surface area contributed by atoms with Gasteiger partial charge in [-0.05, 0) is 0 Å². The van der Waals surface area contributed by atoms with Crippen LogP contribution >= 0.6 is 0 Å². The van der Waals surface area contributed by atoms with Crippen molar-refractivity contribution >= 4 is 0 Å².